The molecule has 138 valence electrons. The molecule has 0 saturated carbocycles. The highest BCUT2D eigenvalue weighted by Gasteiger charge is 2.30. The summed E-state index contributed by atoms with van der Waals surface area (Å²) in [6, 6.07) is 25.9. The molecule has 0 saturated heterocycles. The molecule has 5 heteroatoms. The van der Waals surface area contributed by atoms with Gasteiger partial charge in [-0.1, -0.05) is 72.8 Å². The topological polar surface area (TPSA) is 25.8 Å². The van der Waals surface area contributed by atoms with Gasteiger partial charge >= 0.3 is 6.18 Å². The van der Waals surface area contributed by atoms with E-state index in [1.54, 1.807) is 6.07 Å². The Hall–Kier alpha value is -3.47. The van der Waals surface area contributed by atoms with Crippen LogP contribution in [0.25, 0.3) is 33.9 Å². The van der Waals surface area contributed by atoms with Crippen LogP contribution >= 0.6 is 0 Å². The molecule has 0 aliphatic heterocycles. The van der Waals surface area contributed by atoms with Crippen molar-refractivity contribution in [2.24, 2.45) is 0 Å². The first kappa shape index (κ1) is 17.9. The molecule has 0 radical (unpaired) electrons. The van der Waals surface area contributed by atoms with Crippen molar-refractivity contribution >= 4 is 0 Å². The van der Waals surface area contributed by atoms with Crippen molar-refractivity contribution in [2.75, 3.05) is 0 Å². The SMILES string of the molecule is FC(F)(F)c1ccc(-c2cc(-c3ccccc3)nc(-c3ccccc3)n2)cc1. The molecule has 1 heterocycles. The van der Waals surface area contributed by atoms with Gasteiger partial charge in [-0.15, -0.1) is 0 Å². The summed E-state index contributed by atoms with van der Waals surface area (Å²) in [7, 11) is 0. The van der Waals surface area contributed by atoms with Crippen molar-refractivity contribution in [1.82, 2.24) is 9.97 Å². The fraction of sp³-hybridized carbons (Fsp3) is 0.0435. The van der Waals surface area contributed by atoms with Crippen molar-refractivity contribution < 1.29 is 13.2 Å². The van der Waals surface area contributed by atoms with Gasteiger partial charge < -0.3 is 0 Å². The number of benzene rings is 3. The van der Waals surface area contributed by atoms with Gasteiger partial charge in [-0.25, -0.2) is 9.97 Å². The molecule has 28 heavy (non-hydrogen) atoms. The van der Waals surface area contributed by atoms with Crippen LogP contribution in [0.1, 0.15) is 5.56 Å². The van der Waals surface area contributed by atoms with Gasteiger partial charge in [0.2, 0.25) is 0 Å². The van der Waals surface area contributed by atoms with Crippen molar-refractivity contribution in [2.45, 2.75) is 6.18 Å². The zero-order valence-corrected chi connectivity index (χ0v) is 14.7. The number of aromatic nitrogens is 2. The Morgan fingerprint density at radius 1 is 0.536 bits per heavy atom. The van der Waals surface area contributed by atoms with E-state index in [-0.39, 0.29) is 0 Å². The lowest BCUT2D eigenvalue weighted by Crippen LogP contribution is -2.04. The minimum Gasteiger partial charge on any atom is -0.228 e. The molecule has 0 spiro atoms. The number of rotatable bonds is 3. The highest BCUT2D eigenvalue weighted by atomic mass is 19.4. The first-order chi connectivity index (χ1) is 13.5. The van der Waals surface area contributed by atoms with Gasteiger partial charge in [0.25, 0.3) is 0 Å². The van der Waals surface area contributed by atoms with E-state index in [0.717, 1.165) is 23.3 Å². The van der Waals surface area contributed by atoms with Crippen LogP contribution < -0.4 is 0 Å². The van der Waals surface area contributed by atoms with Crippen LogP contribution in [0.2, 0.25) is 0 Å². The zero-order valence-electron chi connectivity index (χ0n) is 14.7. The summed E-state index contributed by atoms with van der Waals surface area (Å²) >= 11 is 0. The van der Waals surface area contributed by atoms with Gasteiger partial charge in [-0.2, -0.15) is 13.2 Å². The van der Waals surface area contributed by atoms with E-state index in [0.29, 0.717) is 22.8 Å². The molecule has 0 atom stereocenters. The molecule has 0 aliphatic carbocycles. The molecule has 0 amide bonds. The highest BCUT2D eigenvalue weighted by Crippen LogP contribution is 2.32. The quantitative estimate of drug-likeness (QED) is 0.408. The third-order valence-electron chi connectivity index (χ3n) is 4.34. The fourth-order valence-electron chi connectivity index (χ4n) is 2.90. The third kappa shape index (κ3) is 3.78. The van der Waals surface area contributed by atoms with E-state index in [9.17, 15) is 13.2 Å². The van der Waals surface area contributed by atoms with Crippen LogP contribution in [0.4, 0.5) is 13.2 Å². The summed E-state index contributed by atoms with van der Waals surface area (Å²) in [6.07, 6.45) is -4.37. The van der Waals surface area contributed by atoms with E-state index < -0.39 is 11.7 Å². The Bertz CT molecular complexity index is 1020. The zero-order chi connectivity index (χ0) is 19.6. The maximum Gasteiger partial charge on any atom is 0.416 e. The van der Waals surface area contributed by atoms with Gasteiger partial charge in [-0.05, 0) is 18.2 Å². The number of alkyl halides is 3. The maximum atomic E-state index is 12.9. The van der Waals surface area contributed by atoms with Gasteiger partial charge in [0, 0.05) is 16.7 Å². The highest BCUT2D eigenvalue weighted by molar-refractivity contribution is 5.71. The smallest absolute Gasteiger partial charge is 0.228 e. The fourth-order valence-corrected chi connectivity index (χ4v) is 2.90. The first-order valence-electron chi connectivity index (χ1n) is 8.68. The van der Waals surface area contributed by atoms with Crippen LogP contribution in [0.15, 0.2) is 91.0 Å². The Kier molecular flexibility index (Phi) is 4.65. The van der Waals surface area contributed by atoms with Crippen LogP contribution in [0.5, 0.6) is 0 Å². The van der Waals surface area contributed by atoms with Crippen molar-refractivity contribution in [3.05, 3.63) is 96.6 Å². The van der Waals surface area contributed by atoms with Gasteiger partial charge in [-0.3, -0.25) is 0 Å². The van der Waals surface area contributed by atoms with E-state index >= 15 is 0 Å². The molecule has 4 aromatic rings. The summed E-state index contributed by atoms with van der Waals surface area (Å²) < 4.78 is 38.6. The van der Waals surface area contributed by atoms with E-state index in [4.69, 9.17) is 0 Å². The number of hydrogen-bond acceptors (Lipinski definition) is 2. The second-order valence-corrected chi connectivity index (χ2v) is 6.27. The lowest BCUT2D eigenvalue weighted by molar-refractivity contribution is -0.137. The average molecular weight is 376 g/mol. The molecule has 4 rings (SSSR count). The first-order valence-corrected chi connectivity index (χ1v) is 8.68. The van der Waals surface area contributed by atoms with Gasteiger partial charge in [0.05, 0.1) is 17.0 Å². The summed E-state index contributed by atoms with van der Waals surface area (Å²) in [5, 5.41) is 0. The lowest BCUT2D eigenvalue weighted by Gasteiger charge is -2.10. The molecular formula is C23H15F3N2. The summed E-state index contributed by atoms with van der Waals surface area (Å²) in [4.78, 5) is 9.26. The van der Waals surface area contributed by atoms with Crippen molar-refractivity contribution in [3.63, 3.8) is 0 Å². The molecule has 0 aliphatic rings. The standard InChI is InChI=1S/C23H15F3N2/c24-23(25,26)19-13-11-17(12-14-19)21-15-20(16-7-3-1-4-8-16)27-22(28-21)18-9-5-2-6-10-18/h1-15H. The normalized spacial score (nSPS) is 11.4. The van der Waals surface area contributed by atoms with Crippen LogP contribution in [-0.4, -0.2) is 9.97 Å². The Morgan fingerprint density at radius 2 is 1.00 bits per heavy atom. The number of halogens is 3. The van der Waals surface area contributed by atoms with Crippen LogP contribution in [0, 0.1) is 0 Å². The summed E-state index contributed by atoms with van der Waals surface area (Å²) in [5.41, 5.74) is 2.95. The van der Waals surface area contributed by atoms with Crippen molar-refractivity contribution in [3.8, 4) is 33.9 Å². The number of nitrogens with zero attached hydrogens (tertiary/aromatic N) is 2. The Labute approximate surface area is 160 Å². The molecule has 0 fully saturated rings. The predicted octanol–water partition coefficient (Wildman–Crippen LogP) is 6.50. The largest absolute Gasteiger partial charge is 0.416 e. The number of hydrogen-bond donors (Lipinski definition) is 0. The summed E-state index contributed by atoms with van der Waals surface area (Å²) in [6.45, 7) is 0. The Balaban J connectivity index is 1.85. The van der Waals surface area contributed by atoms with Crippen molar-refractivity contribution in [1.29, 1.82) is 0 Å². The molecule has 2 nitrogen and oxygen atoms in total. The predicted molar refractivity (Wildman–Crippen MR) is 103 cm³/mol. The second-order valence-electron chi connectivity index (χ2n) is 6.27. The van der Waals surface area contributed by atoms with E-state index in [1.165, 1.54) is 12.1 Å². The van der Waals surface area contributed by atoms with Crippen LogP contribution in [-0.2, 0) is 6.18 Å². The van der Waals surface area contributed by atoms with Gasteiger partial charge in [0.15, 0.2) is 5.82 Å². The van der Waals surface area contributed by atoms with Gasteiger partial charge in [0.1, 0.15) is 0 Å². The molecule has 0 N–H and O–H groups in total. The van der Waals surface area contributed by atoms with E-state index in [2.05, 4.69) is 9.97 Å². The average Bonchev–Trinajstić information content (AvgIpc) is 2.74. The lowest BCUT2D eigenvalue weighted by atomic mass is 10.0. The maximum absolute atomic E-state index is 12.9. The van der Waals surface area contributed by atoms with Crippen LogP contribution in [0.3, 0.4) is 0 Å². The third-order valence-corrected chi connectivity index (χ3v) is 4.34. The molecular weight excluding hydrogens is 361 g/mol. The molecule has 0 bridgehead atoms. The van der Waals surface area contributed by atoms with E-state index in [1.807, 2.05) is 60.7 Å². The minimum atomic E-state index is -4.37. The Morgan fingerprint density at radius 3 is 1.50 bits per heavy atom. The molecule has 1 aromatic heterocycles. The monoisotopic (exact) mass is 376 g/mol. The molecule has 3 aromatic carbocycles. The molecule has 0 unspecified atom stereocenters. The second kappa shape index (κ2) is 7.27. The minimum absolute atomic E-state index is 0.525. The summed E-state index contributed by atoms with van der Waals surface area (Å²) in [5.74, 6) is 0.525.